The van der Waals surface area contributed by atoms with E-state index in [2.05, 4.69) is 115 Å². The first-order valence-electron chi connectivity index (χ1n) is 14.8. The van der Waals surface area contributed by atoms with Crippen LogP contribution >= 0.6 is 11.3 Å². The van der Waals surface area contributed by atoms with Crippen molar-refractivity contribution >= 4 is 21.6 Å². The van der Waals surface area contributed by atoms with E-state index in [4.69, 9.17) is 19.9 Å². The molecule has 2 heterocycles. The molecule has 0 saturated heterocycles. The Bertz CT molecular complexity index is 2230. The maximum absolute atomic E-state index is 4.96. The fourth-order valence-electron chi connectivity index (χ4n) is 5.47. The van der Waals surface area contributed by atoms with E-state index >= 15 is 0 Å². The molecule has 0 aliphatic rings. The van der Waals surface area contributed by atoms with Crippen LogP contribution < -0.4 is 0 Å². The van der Waals surface area contributed by atoms with Gasteiger partial charge in [0.15, 0.2) is 17.5 Å². The normalized spacial score (nSPS) is 11.1. The zero-order valence-corrected chi connectivity index (χ0v) is 25.0. The van der Waals surface area contributed by atoms with E-state index in [-0.39, 0.29) is 0 Å². The number of hydrogen-bond donors (Lipinski definition) is 0. The molecule has 0 N–H and O–H groups in total. The molecule has 0 bridgehead atoms. The Kier molecular flexibility index (Phi) is 6.98. The lowest BCUT2D eigenvalue weighted by Gasteiger charge is -2.10. The largest absolute Gasteiger partial charge is 0.236 e. The summed E-state index contributed by atoms with van der Waals surface area (Å²) in [5, 5.41) is 1.03. The van der Waals surface area contributed by atoms with Crippen LogP contribution in [0.1, 0.15) is 0 Å². The van der Waals surface area contributed by atoms with Crippen LogP contribution in [0.15, 0.2) is 158 Å². The first-order chi connectivity index (χ1) is 22.3. The summed E-state index contributed by atoms with van der Waals surface area (Å²) in [6.07, 6.45) is 0. The molecule has 6 aromatic carbocycles. The topological polar surface area (TPSA) is 51.6 Å². The van der Waals surface area contributed by atoms with Crippen molar-refractivity contribution in [3.8, 4) is 67.0 Å². The van der Waals surface area contributed by atoms with Gasteiger partial charge in [0, 0.05) is 27.8 Å². The van der Waals surface area contributed by atoms with E-state index in [1.807, 2.05) is 42.5 Å². The first kappa shape index (κ1) is 26.8. The molecule has 2 aromatic heterocycles. The number of hydrogen-bond acceptors (Lipinski definition) is 5. The summed E-state index contributed by atoms with van der Waals surface area (Å²) in [6, 6.07) is 54.0. The SMILES string of the molecule is c1ccc(-c2ccc(-c3nc(-c4ccccc4)nc(-c4ccc(-c5cccc6nc(-c7ccccc7)sc56)cc4)n3)cc2)cc1. The van der Waals surface area contributed by atoms with Gasteiger partial charge < -0.3 is 0 Å². The second-order valence-electron chi connectivity index (χ2n) is 10.7. The lowest BCUT2D eigenvalue weighted by molar-refractivity contribution is 1.07. The Hall–Kier alpha value is -5.78. The van der Waals surface area contributed by atoms with Gasteiger partial charge in [0.05, 0.1) is 10.2 Å². The molecule has 4 nitrogen and oxygen atoms in total. The number of fused-ring (bicyclic) bond motifs is 1. The summed E-state index contributed by atoms with van der Waals surface area (Å²) in [5.74, 6) is 1.93. The molecule has 212 valence electrons. The second-order valence-corrected chi connectivity index (χ2v) is 11.7. The monoisotopic (exact) mass is 594 g/mol. The number of rotatable bonds is 6. The molecule has 0 atom stereocenters. The smallest absolute Gasteiger partial charge is 0.164 e. The third-order valence-electron chi connectivity index (χ3n) is 7.81. The van der Waals surface area contributed by atoms with Crippen molar-refractivity contribution in [3.05, 3.63) is 158 Å². The molecule has 0 radical (unpaired) electrons. The van der Waals surface area contributed by atoms with Gasteiger partial charge in [-0.05, 0) is 22.8 Å². The van der Waals surface area contributed by atoms with Gasteiger partial charge in [0.1, 0.15) is 5.01 Å². The van der Waals surface area contributed by atoms with Crippen molar-refractivity contribution < 1.29 is 0 Å². The minimum atomic E-state index is 0.639. The van der Waals surface area contributed by atoms with Gasteiger partial charge in [-0.1, -0.05) is 152 Å². The molecule has 0 aliphatic carbocycles. The average Bonchev–Trinajstić information content (AvgIpc) is 3.58. The van der Waals surface area contributed by atoms with Gasteiger partial charge in [0.25, 0.3) is 0 Å². The maximum atomic E-state index is 4.96. The third-order valence-corrected chi connectivity index (χ3v) is 8.96. The Morgan fingerprint density at radius 2 is 0.733 bits per heavy atom. The molecule has 0 saturated carbocycles. The van der Waals surface area contributed by atoms with Crippen molar-refractivity contribution in [1.29, 1.82) is 0 Å². The molecule has 8 aromatic rings. The van der Waals surface area contributed by atoms with E-state index in [0.717, 1.165) is 43.9 Å². The van der Waals surface area contributed by atoms with Crippen molar-refractivity contribution in [1.82, 2.24) is 19.9 Å². The fraction of sp³-hybridized carbons (Fsp3) is 0. The van der Waals surface area contributed by atoms with Crippen molar-refractivity contribution in [2.75, 3.05) is 0 Å². The molecule has 0 spiro atoms. The Morgan fingerprint density at radius 1 is 0.311 bits per heavy atom. The van der Waals surface area contributed by atoms with E-state index in [1.165, 1.54) is 15.8 Å². The highest BCUT2D eigenvalue weighted by atomic mass is 32.1. The summed E-state index contributed by atoms with van der Waals surface area (Å²) in [7, 11) is 0. The van der Waals surface area contributed by atoms with Gasteiger partial charge in [-0.2, -0.15) is 0 Å². The Morgan fingerprint density at radius 3 is 1.29 bits per heavy atom. The summed E-state index contributed by atoms with van der Waals surface area (Å²) >= 11 is 1.73. The quantitative estimate of drug-likeness (QED) is 0.192. The molecule has 0 aliphatic heterocycles. The van der Waals surface area contributed by atoms with E-state index < -0.39 is 0 Å². The highest BCUT2D eigenvalue weighted by molar-refractivity contribution is 7.22. The van der Waals surface area contributed by atoms with Crippen LogP contribution in [0.3, 0.4) is 0 Å². The van der Waals surface area contributed by atoms with Crippen LogP contribution in [0.4, 0.5) is 0 Å². The standard InChI is InChI=1S/C40H26N4S/c1-4-11-27(12-5-1)28-19-23-31(24-20-28)38-42-37(30-13-6-2-7-14-30)43-39(44-38)32-25-21-29(22-26-32)34-17-10-18-35-36(34)45-40(41-35)33-15-8-3-9-16-33/h1-26H. The van der Waals surface area contributed by atoms with Crippen molar-refractivity contribution in [2.24, 2.45) is 0 Å². The average molecular weight is 595 g/mol. The minimum Gasteiger partial charge on any atom is -0.236 e. The van der Waals surface area contributed by atoms with E-state index in [0.29, 0.717) is 17.5 Å². The Labute approximate surface area is 265 Å². The number of thiazole rings is 1. The molecule has 0 fully saturated rings. The van der Waals surface area contributed by atoms with Gasteiger partial charge in [-0.3, -0.25) is 0 Å². The zero-order chi connectivity index (χ0) is 30.0. The lowest BCUT2D eigenvalue weighted by atomic mass is 10.0. The maximum Gasteiger partial charge on any atom is 0.164 e. The molecule has 45 heavy (non-hydrogen) atoms. The number of nitrogens with zero attached hydrogens (tertiary/aromatic N) is 4. The summed E-state index contributed by atoms with van der Waals surface area (Å²) in [5.41, 5.74) is 9.59. The molecule has 8 rings (SSSR count). The molecule has 0 unspecified atom stereocenters. The highest BCUT2D eigenvalue weighted by Gasteiger charge is 2.14. The van der Waals surface area contributed by atoms with E-state index in [1.54, 1.807) is 11.3 Å². The summed E-state index contributed by atoms with van der Waals surface area (Å²) in [4.78, 5) is 19.7. The summed E-state index contributed by atoms with van der Waals surface area (Å²) < 4.78 is 1.18. The van der Waals surface area contributed by atoms with Gasteiger partial charge in [-0.25, -0.2) is 19.9 Å². The predicted molar refractivity (Wildman–Crippen MR) is 186 cm³/mol. The number of benzene rings is 6. The van der Waals surface area contributed by atoms with Crippen LogP contribution in [0.2, 0.25) is 0 Å². The van der Waals surface area contributed by atoms with E-state index in [9.17, 15) is 0 Å². The molecular formula is C40H26N4S. The van der Waals surface area contributed by atoms with Gasteiger partial charge in [0.2, 0.25) is 0 Å². The summed E-state index contributed by atoms with van der Waals surface area (Å²) in [6.45, 7) is 0. The fourth-order valence-corrected chi connectivity index (χ4v) is 6.58. The van der Waals surface area contributed by atoms with Gasteiger partial charge >= 0.3 is 0 Å². The van der Waals surface area contributed by atoms with Crippen LogP contribution in [-0.4, -0.2) is 19.9 Å². The van der Waals surface area contributed by atoms with Gasteiger partial charge in [-0.15, -0.1) is 11.3 Å². The third kappa shape index (κ3) is 5.42. The minimum absolute atomic E-state index is 0.639. The number of aromatic nitrogens is 4. The van der Waals surface area contributed by atoms with Crippen LogP contribution in [0.25, 0.3) is 77.2 Å². The predicted octanol–water partition coefficient (Wildman–Crippen LogP) is 10.5. The second kappa shape index (κ2) is 11.7. The van der Waals surface area contributed by atoms with Crippen LogP contribution in [0.5, 0.6) is 0 Å². The zero-order valence-electron chi connectivity index (χ0n) is 24.2. The van der Waals surface area contributed by atoms with Crippen molar-refractivity contribution in [2.45, 2.75) is 0 Å². The molecule has 0 amide bonds. The van der Waals surface area contributed by atoms with Crippen molar-refractivity contribution in [3.63, 3.8) is 0 Å². The lowest BCUT2D eigenvalue weighted by Crippen LogP contribution is -2.00. The van der Waals surface area contributed by atoms with Crippen LogP contribution in [0, 0.1) is 0 Å². The van der Waals surface area contributed by atoms with Crippen LogP contribution in [-0.2, 0) is 0 Å². The first-order valence-corrected chi connectivity index (χ1v) is 15.6. The highest BCUT2D eigenvalue weighted by Crippen LogP contribution is 2.37. The molecular weight excluding hydrogens is 569 g/mol. The Balaban J connectivity index is 1.17. The molecule has 5 heteroatoms.